The molecule has 4 aromatic rings. The quantitative estimate of drug-likeness (QED) is 0.178. The minimum atomic E-state index is -2.58. The molecule has 208 valence electrons. The lowest BCUT2D eigenvalue weighted by Crippen LogP contribution is -2.72. The average Bonchev–Trinajstić information content (AvgIpc) is 2.98. The fourth-order valence-corrected chi connectivity index (χ4v) is 5.26. The van der Waals surface area contributed by atoms with Gasteiger partial charge >= 0.3 is 0 Å². The van der Waals surface area contributed by atoms with Crippen LogP contribution in [0, 0.1) is 0 Å². The summed E-state index contributed by atoms with van der Waals surface area (Å²) < 4.78 is 0. The van der Waals surface area contributed by atoms with E-state index in [1.54, 1.807) is 115 Å². The van der Waals surface area contributed by atoms with Gasteiger partial charge in [-0.3, -0.25) is 4.79 Å². The maximum atomic E-state index is 13.5. The van der Waals surface area contributed by atoms with E-state index in [0.717, 1.165) is 0 Å². The lowest BCUT2D eigenvalue weighted by atomic mass is 9.66. The smallest absolute Gasteiger partial charge is 0.168 e. The van der Waals surface area contributed by atoms with Gasteiger partial charge < -0.3 is 25.5 Å². The summed E-state index contributed by atoms with van der Waals surface area (Å²) in [5.74, 6) is -0.721. The van der Waals surface area contributed by atoms with E-state index in [0.29, 0.717) is 22.3 Å². The maximum Gasteiger partial charge on any atom is 0.168 e. The number of benzene rings is 4. The summed E-state index contributed by atoms with van der Waals surface area (Å²) in [4.78, 5) is 13.5. The predicted octanol–water partition coefficient (Wildman–Crippen LogP) is 3.07. The zero-order chi connectivity index (χ0) is 28.6. The van der Waals surface area contributed by atoms with Crippen molar-refractivity contribution in [2.45, 2.75) is 55.2 Å². The van der Waals surface area contributed by atoms with E-state index < -0.39 is 35.3 Å². The fourth-order valence-electron chi connectivity index (χ4n) is 5.26. The number of hydrogen-bond acceptors (Lipinski definition) is 6. The Bertz CT molecular complexity index is 1330. The van der Waals surface area contributed by atoms with E-state index >= 15 is 0 Å². The Morgan fingerprint density at radius 2 is 0.925 bits per heavy atom. The SMILES string of the molecule is O=C(Cc1ccccc1)[C@@H](O)[C@](O)(Cc1ccccc1)[C@@](O)(Cc1ccccc1)[C@H](O)C(O)Cc1ccccc1. The molecule has 0 saturated carbocycles. The number of carbonyl (C=O) groups is 1. The van der Waals surface area contributed by atoms with Crippen molar-refractivity contribution in [2.75, 3.05) is 0 Å². The van der Waals surface area contributed by atoms with Crippen LogP contribution < -0.4 is 0 Å². The molecule has 0 aromatic heterocycles. The van der Waals surface area contributed by atoms with E-state index in [2.05, 4.69) is 0 Å². The topological polar surface area (TPSA) is 118 Å². The summed E-state index contributed by atoms with van der Waals surface area (Å²) >= 11 is 0. The average molecular weight is 541 g/mol. The van der Waals surface area contributed by atoms with Crippen LogP contribution in [0.2, 0.25) is 0 Å². The van der Waals surface area contributed by atoms with Crippen molar-refractivity contribution in [3.05, 3.63) is 144 Å². The first-order valence-electron chi connectivity index (χ1n) is 13.4. The van der Waals surface area contributed by atoms with Crippen molar-refractivity contribution in [3.8, 4) is 0 Å². The Kier molecular flexibility index (Phi) is 9.63. The summed E-state index contributed by atoms with van der Waals surface area (Å²) in [5.41, 5.74) is -2.69. The van der Waals surface area contributed by atoms with Crippen LogP contribution >= 0.6 is 0 Å². The molecule has 6 nitrogen and oxygen atoms in total. The molecule has 5 N–H and O–H groups in total. The largest absolute Gasteiger partial charge is 0.390 e. The Labute approximate surface area is 234 Å². The van der Waals surface area contributed by atoms with Gasteiger partial charge in [0.25, 0.3) is 0 Å². The predicted molar refractivity (Wildman–Crippen MR) is 154 cm³/mol. The number of hydrogen-bond donors (Lipinski definition) is 5. The highest BCUT2D eigenvalue weighted by atomic mass is 16.4. The second-order valence-electron chi connectivity index (χ2n) is 10.4. The van der Waals surface area contributed by atoms with Gasteiger partial charge in [-0.05, 0) is 22.3 Å². The van der Waals surface area contributed by atoms with Gasteiger partial charge in [0, 0.05) is 25.7 Å². The molecule has 6 heteroatoms. The number of rotatable bonds is 13. The van der Waals surface area contributed by atoms with Gasteiger partial charge in [0.1, 0.15) is 23.4 Å². The number of ketones is 1. The summed E-state index contributed by atoms with van der Waals surface area (Å²) in [6.45, 7) is 0. The summed E-state index contributed by atoms with van der Waals surface area (Å²) in [5, 5.41) is 59.1. The van der Waals surface area contributed by atoms with Crippen LogP contribution in [0.4, 0.5) is 0 Å². The second kappa shape index (κ2) is 13.1. The lowest BCUT2D eigenvalue weighted by Gasteiger charge is -2.49. The molecular weight excluding hydrogens is 504 g/mol. The van der Waals surface area contributed by atoms with E-state index in [1.165, 1.54) is 0 Å². The van der Waals surface area contributed by atoms with Crippen molar-refractivity contribution in [3.63, 3.8) is 0 Å². The third-order valence-corrected chi connectivity index (χ3v) is 7.50. The molecule has 1 unspecified atom stereocenters. The number of aliphatic hydroxyl groups is 5. The molecule has 0 amide bonds. The van der Waals surface area contributed by atoms with Gasteiger partial charge in [-0.2, -0.15) is 0 Å². The number of aliphatic hydroxyl groups excluding tert-OH is 3. The van der Waals surface area contributed by atoms with Crippen molar-refractivity contribution < 1.29 is 30.3 Å². The highest BCUT2D eigenvalue weighted by molar-refractivity contribution is 5.86. The van der Waals surface area contributed by atoms with Crippen LogP contribution in [0.25, 0.3) is 0 Å². The summed E-state index contributed by atoms with van der Waals surface area (Å²) in [7, 11) is 0. The highest BCUT2D eigenvalue weighted by Crippen LogP contribution is 2.38. The van der Waals surface area contributed by atoms with Crippen LogP contribution in [-0.4, -0.2) is 60.8 Å². The van der Waals surface area contributed by atoms with Crippen LogP contribution in [0.3, 0.4) is 0 Å². The molecule has 0 saturated heterocycles. The normalized spacial score (nSPS) is 16.7. The third kappa shape index (κ3) is 6.73. The molecule has 0 fully saturated rings. The van der Waals surface area contributed by atoms with Crippen LogP contribution in [0.15, 0.2) is 121 Å². The second-order valence-corrected chi connectivity index (χ2v) is 10.4. The van der Waals surface area contributed by atoms with Crippen LogP contribution in [-0.2, 0) is 30.5 Å². The van der Waals surface area contributed by atoms with E-state index in [4.69, 9.17) is 0 Å². The summed E-state index contributed by atoms with van der Waals surface area (Å²) in [6, 6.07) is 35.1. The molecular formula is C34H36O6. The Balaban J connectivity index is 1.78. The molecule has 0 aliphatic heterocycles. The Morgan fingerprint density at radius 1 is 0.550 bits per heavy atom. The maximum absolute atomic E-state index is 13.5. The zero-order valence-corrected chi connectivity index (χ0v) is 22.3. The number of Topliss-reactive ketones (excluding diaryl/α,β-unsaturated/α-hetero) is 1. The molecule has 5 atom stereocenters. The van der Waals surface area contributed by atoms with Crippen molar-refractivity contribution in [1.82, 2.24) is 0 Å². The van der Waals surface area contributed by atoms with Gasteiger partial charge in [-0.25, -0.2) is 0 Å². The first kappa shape index (κ1) is 29.3. The van der Waals surface area contributed by atoms with Crippen molar-refractivity contribution in [2.24, 2.45) is 0 Å². The molecule has 0 bridgehead atoms. The monoisotopic (exact) mass is 540 g/mol. The third-order valence-electron chi connectivity index (χ3n) is 7.50. The van der Waals surface area contributed by atoms with Gasteiger partial charge in [-0.15, -0.1) is 0 Å². The van der Waals surface area contributed by atoms with Gasteiger partial charge in [-0.1, -0.05) is 121 Å². The highest BCUT2D eigenvalue weighted by Gasteiger charge is 2.60. The van der Waals surface area contributed by atoms with E-state index in [1.807, 2.05) is 6.07 Å². The van der Waals surface area contributed by atoms with Crippen molar-refractivity contribution >= 4 is 5.78 Å². The van der Waals surface area contributed by atoms with E-state index in [-0.39, 0.29) is 25.7 Å². The van der Waals surface area contributed by atoms with E-state index in [9.17, 15) is 30.3 Å². The molecule has 0 heterocycles. The Morgan fingerprint density at radius 3 is 1.38 bits per heavy atom. The zero-order valence-electron chi connectivity index (χ0n) is 22.3. The molecule has 40 heavy (non-hydrogen) atoms. The summed E-state index contributed by atoms with van der Waals surface area (Å²) in [6.07, 6.45) is -6.43. The van der Waals surface area contributed by atoms with Crippen LogP contribution in [0.1, 0.15) is 22.3 Å². The van der Waals surface area contributed by atoms with Crippen molar-refractivity contribution in [1.29, 1.82) is 0 Å². The minimum absolute atomic E-state index is 0.0193. The first-order chi connectivity index (χ1) is 19.2. The molecule has 4 aromatic carbocycles. The molecule has 0 aliphatic rings. The van der Waals surface area contributed by atoms with Gasteiger partial charge in [0.05, 0.1) is 6.10 Å². The molecule has 0 radical (unpaired) electrons. The minimum Gasteiger partial charge on any atom is -0.390 e. The Hall–Kier alpha value is -3.65. The molecule has 0 spiro atoms. The standard InChI is InChI=1S/C34H36O6/c35-29(21-25-13-5-1-6-14-25)31(37)33(39,23-27-17-9-3-10-18-27)34(40,24-28-19-11-4-12-20-28)32(38)30(36)22-26-15-7-2-8-16-26/h1-20,29,31-32,35,37-40H,21-24H2/t29?,31-,32-,33-,34-/m1/s1. The fraction of sp³-hybridized carbons (Fsp3) is 0.265. The molecule has 0 aliphatic carbocycles. The first-order valence-corrected chi connectivity index (χ1v) is 13.4. The van der Waals surface area contributed by atoms with Gasteiger partial charge in [0.2, 0.25) is 0 Å². The van der Waals surface area contributed by atoms with Crippen LogP contribution in [0.5, 0.6) is 0 Å². The lowest BCUT2D eigenvalue weighted by molar-refractivity contribution is -0.250. The van der Waals surface area contributed by atoms with Gasteiger partial charge in [0.15, 0.2) is 5.78 Å². The molecule has 4 rings (SSSR count). The number of carbonyl (C=O) groups excluding carboxylic acids is 1.